The van der Waals surface area contributed by atoms with E-state index in [9.17, 15) is 4.79 Å². The van der Waals surface area contributed by atoms with Gasteiger partial charge in [-0.05, 0) is 13.8 Å². The highest BCUT2D eigenvalue weighted by Crippen LogP contribution is 2.43. The molecule has 0 saturated carbocycles. The van der Waals surface area contributed by atoms with Crippen LogP contribution in [0.3, 0.4) is 0 Å². The van der Waals surface area contributed by atoms with Gasteiger partial charge in [-0.15, -0.1) is 0 Å². The number of hydrogen-bond donors (Lipinski definition) is 2. The van der Waals surface area contributed by atoms with Crippen LogP contribution in [-0.4, -0.2) is 56.1 Å². The van der Waals surface area contributed by atoms with Crippen molar-refractivity contribution in [3.05, 3.63) is 12.7 Å². The molecule has 2 aliphatic heterocycles. The normalized spacial score (nSPS) is 30.6. The van der Waals surface area contributed by atoms with Gasteiger partial charge in [-0.3, -0.25) is 9.36 Å². The number of rotatable bonds is 3. The molecule has 134 valence electrons. The molecule has 2 aromatic heterocycles. The first-order valence-electron chi connectivity index (χ1n) is 8.06. The fraction of sp³-hybridized carbons (Fsp3) is 0.600. The van der Waals surface area contributed by atoms with Gasteiger partial charge in [-0.1, -0.05) is 0 Å². The van der Waals surface area contributed by atoms with Gasteiger partial charge in [0.05, 0.1) is 6.33 Å². The summed E-state index contributed by atoms with van der Waals surface area (Å²) < 4.78 is 19.8. The molecule has 25 heavy (non-hydrogen) atoms. The third-order valence-corrected chi connectivity index (χ3v) is 4.28. The van der Waals surface area contributed by atoms with E-state index in [0.717, 1.165) is 0 Å². The summed E-state index contributed by atoms with van der Waals surface area (Å²) in [6.07, 6.45) is 1.60. The van der Waals surface area contributed by atoms with Crippen LogP contribution < -0.4 is 11.1 Å². The van der Waals surface area contributed by atoms with Gasteiger partial charge < -0.3 is 25.3 Å². The van der Waals surface area contributed by atoms with E-state index in [4.69, 9.17) is 19.9 Å². The smallest absolute Gasteiger partial charge is 0.222 e. The summed E-state index contributed by atoms with van der Waals surface area (Å²) in [5.41, 5.74) is 6.84. The minimum atomic E-state index is -0.711. The van der Waals surface area contributed by atoms with Crippen LogP contribution in [0.25, 0.3) is 11.2 Å². The zero-order valence-corrected chi connectivity index (χ0v) is 14.2. The molecule has 1 amide bonds. The van der Waals surface area contributed by atoms with Crippen molar-refractivity contribution in [1.29, 1.82) is 0 Å². The Balaban J connectivity index is 1.73. The SMILES string of the molecule is CC(=O)Nc1ncnc2c1ncn2[C@@H]1O[C@H](CN)[C@H]2OC(C)(C)O[C@H]21. The third-order valence-electron chi connectivity index (χ3n) is 4.28. The Labute approximate surface area is 143 Å². The second kappa shape index (κ2) is 5.70. The van der Waals surface area contributed by atoms with Crippen LogP contribution in [0.1, 0.15) is 27.0 Å². The van der Waals surface area contributed by atoms with Crippen molar-refractivity contribution < 1.29 is 19.0 Å². The van der Waals surface area contributed by atoms with Crippen LogP contribution in [0.2, 0.25) is 0 Å². The molecule has 0 spiro atoms. The average molecular weight is 348 g/mol. The van der Waals surface area contributed by atoms with E-state index in [1.165, 1.54) is 13.3 Å². The molecule has 2 aliphatic rings. The molecule has 3 N–H and O–H groups in total. The summed E-state index contributed by atoms with van der Waals surface area (Å²) in [6.45, 7) is 5.45. The average Bonchev–Trinajstić information content (AvgIpc) is 3.17. The lowest BCUT2D eigenvalue weighted by atomic mass is 10.1. The number of anilines is 1. The lowest BCUT2D eigenvalue weighted by Gasteiger charge is -2.24. The van der Waals surface area contributed by atoms with Gasteiger partial charge >= 0.3 is 0 Å². The lowest BCUT2D eigenvalue weighted by molar-refractivity contribution is -0.195. The Morgan fingerprint density at radius 3 is 2.80 bits per heavy atom. The van der Waals surface area contributed by atoms with Gasteiger partial charge in [0.1, 0.15) is 24.6 Å². The number of carbonyl (C=O) groups is 1. The van der Waals surface area contributed by atoms with E-state index in [2.05, 4.69) is 20.3 Å². The maximum Gasteiger partial charge on any atom is 0.222 e. The highest BCUT2D eigenvalue weighted by molar-refractivity contribution is 5.95. The maximum absolute atomic E-state index is 11.3. The Hall–Kier alpha value is -2.14. The number of nitrogens with zero attached hydrogens (tertiary/aromatic N) is 4. The van der Waals surface area contributed by atoms with E-state index >= 15 is 0 Å². The summed E-state index contributed by atoms with van der Waals surface area (Å²) in [6, 6.07) is 0. The predicted octanol–water partition coefficient (Wildman–Crippen LogP) is 0.161. The molecular weight excluding hydrogens is 328 g/mol. The molecule has 10 heteroatoms. The molecule has 0 aliphatic carbocycles. The van der Waals surface area contributed by atoms with Crippen LogP contribution in [0, 0.1) is 0 Å². The van der Waals surface area contributed by atoms with Gasteiger partial charge in [0.15, 0.2) is 29.0 Å². The molecule has 2 saturated heterocycles. The number of carbonyl (C=O) groups excluding carboxylic acids is 1. The molecule has 0 unspecified atom stereocenters. The summed E-state index contributed by atoms with van der Waals surface area (Å²) in [5, 5.41) is 2.65. The predicted molar refractivity (Wildman–Crippen MR) is 86.4 cm³/mol. The van der Waals surface area contributed by atoms with Gasteiger partial charge in [-0.2, -0.15) is 0 Å². The van der Waals surface area contributed by atoms with E-state index in [-0.39, 0.29) is 24.2 Å². The Kier molecular flexibility index (Phi) is 3.72. The van der Waals surface area contributed by atoms with Crippen molar-refractivity contribution in [2.75, 3.05) is 11.9 Å². The van der Waals surface area contributed by atoms with Crippen LogP contribution in [0.15, 0.2) is 12.7 Å². The van der Waals surface area contributed by atoms with Gasteiger partial charge in [0.2, 0.25) is 5.91 Å². The number of imidazole rings is 1. The fourth-order valence-corrected chi connectivity index (χ4v) is 3.37. The first-order chi connectivity index (χ1) is 11.9. The molecule has 4 atom stereocenters. The van der Waals surface area contributed by atoms with Gasteiger partial charge in [0, 0.05) is 13.5 Å². The molecule has 2 aromatic rings. The quantitative estimate of drug-likeness (QED) is 0.803. The Morgan fingerprint density at radius 2 is 2.08 bits per heavy atom. The van der Waals surface area contributed by atoms with Crippen molar-refractivity contribution >= 4 is 22.9 Å². The molecular formula is C15H20N6O4. The number of ether oxygens (including phenoxy) is 3. The summed E-state index contributed by atoms with van der Waals surface area (Å²) in [5.74, 6) is -0.591. The molecule has 4 rings (SSSR count). The van der Waals surface area contributed by atoms with Crippen LogP contribution in [0.5, 0.6) is 0 Å². The zero-order valence-electron chi connectivity index (χ0n) is 14.2. The second-order valence-corrected chi connectivity index (χ2v) is 6.59. The Bertz CT molecular complexity index is 821. The van der Waals surface area contributed by atoms with E-state index < -0.39 is 12.0 Å². The minimum Gasteiger partial charge on any atom is -0.348 e. The van der Waals surface area contributed by atoms with Crippen molar-refractivity contribution in [1.82, 2.24) is 19.5 Å². The van der Waals surface area contributed by atoms with E-state index in [1.54, 1.807) is 10.9 Å². The van der Waals surface area contributed by atoms with Crippen molar-refractivity contribution in [3.63, 3.8) is 0 Å². The molecule has 4 heterocycles. The first-order valence-corrected chi connectivity index (χ1v) is 8.06. The Morgan fingerprint density at radius 1 is 1.32 bits per heavy atom. The van der Waals surface area contributed by atoms with Crippen molar-refractivity contribution in [2.45, 2.75) is 51.1 Å². The highest BCUT2D eigenvalue weighted by Gasteiger charge is 2.55. The number of nitrogens with two attached hydrogens (primary N) is 1. The largest absolute Gasteiger partial charge is 0.348 e. The van der Waals surface area contributed by atoms with Crippen LogP contribution in [0.4, 0.5) is 5.82 Å². The molecule has 0 bridgehead atoms. The van der Waals surface area contributed by atoms with Crippen LogP contribution in [-0.2, 0) is 19.0 Å². The monoisotopic (exact) mass is 348 g/mol. The lowest BCUT2D eigenvalue weighted by Crippen LogP contribution is -2.34. The van der Waals surface area contributed by atoms with E-state index in [1.807, 2.05) is 13.8 Å². The first kappa shape index (κ1) is 16.3. The molecule has 2 fully saturated rings. The summed E-state index contributed by atoms with van der Waals surface area (Å²) in [7, 11) is 0. The standard InChI is InChI=1S/C15H20N6O4/c1-7(22)20-12-9-13(18-5-17-12)21(6-19-9)14-11-10(8(4-16)23-14)24-15(2,3)25-11/h5-6,8,10-11,14H,4,16H2,1-3H3,(H,17,18,20,22)/t8-,10-,11-,14-/m1/s1. The van der Waals surface area contributed by atoms with E-state index in [0.29, 0.717) is 23.5 Å². The van der Waals surface area contributed by atoms with Crippen LogP contribution >= 0.6 is 0 Å². The maximum atomic E-state index is 11.3. The highest BCUT2D eigenvalue weighted by atomic mass is 16.8. The zero-order chi connectivity index (χ0) is 17.8. The number of aromatic nitrogens is 4. The number of amides is 1. The topological polar surface area (TPSA) is 126 Å². The number of fused-ring (bicyclic) bond motifs is 2. The fourth-order valence-electron chi connectivity index (χ4n) is 3.37. The molecule has 10 nitrogen and oxygen atoms in total. The second-order valence-electron chi connectivity index (χ2n) is 6.59. The number of nitrogens with one attached hydrogen (secondary N) is 1. The third kappa shape index (κ3) is 2.67. The van der Waals surface area contributed by atoms with Gasteiger partial charge in [0.25, 0.3) is 0 Å². The molecule has 0 aromatic carbocycles. The minimum absolute atomic E-state index is 0.232. The van der Waals surface area contributed by atoms with Gasteiger partial charge in [-0.25, -0.2) is 15.0 Å². The number of hydrogen-bond acceptors (Lipinski definition) is 8. The van der Waals surface area contributed by atoms with Crippen molar-refractivity contribution in [2.24, 2.45) is 5.73 Å². The molecule has 0 radical (unpaired) electrons. The van der Waals surface area contributed by atoms with Crippen molar-refractivity contribution in [3.8, 4) is 0 Å². The summed E-state index contributed by atoms with van der Waals surface area (Å²) in [4.78, 5) is 24.0. The summed E-state index contributed by atoms with van der Waals surface area (Å²) >= 11 is 0.